The largest absolute Gasteiger partial charge is 0.496 e. The number of benzene rings is 2. The molecule has 1 aliphatic heterocycles. The zero-order chi connectivity index (χ0) is 17.1. The maximum Gasteiger partial charge on any atom is 0.347 e. The first kappa shape index (κ1) is 16.3. The number of nitrogens with zero attached hydrogens (tertiary/aromatic N) is 1. The molecule has 1 aliphatic rings. The summed E-state index contributed by atoms with van der Waals surface area (Å²) < 4.78 is 10.5. The quantitative estimate of drug-likeness (QED) is 0.626. The number of hydrogen-bond acceptors (Lipinski definition) is 4. The fraction of sp³-hybridized carbons (Fsp3) is 0.222. The Morgan fingerprint density at radius 1 is 1.17 bits per heavy atom. The minimum atomic E-state index is -0.556. The van der Waals surface area contributed by atoms with Gasteiger partial charge >= 0.3 is 5.97 Å². The van der Waals surface area contributed by atoms with Crippen LogP contribution in [0.15, 0.2) is 42.5 Å². The summed E-state index contributed by atoms with van der Waals surface area (Å²) in [6.45, 7) is 0.720. The van der Waals surface area contributed by atoms with Crippen LogP contribution in [-0.4, -0.2) is 25.5 Å². The van der Waals surface area contributed by atoms with Crippen molar-refractivity contribution in [3.63, 3.8) is 0 Å². The van der Waals surface area contributed by atoms with Crippen molar-refractivity contribution in [1.82, 2.24) is 0 Å². The lowest BCUT2D eigenvalue weighted by Gasteiger charge is -2.16. The predicted octanol–water partition coefficient (Wildman–Crippen LogP) is 3.69. The smallest absolute Gasteiger partial charge is 0.347 e. The Hall–Kier alpha value is -2.53. The fourth-order valence-electron chi connectivity index (χ4n) is 2.62. The second-order valence-electron chi connectivity index (χ2n) is 5.38. The lowest BCUT2D eigenvalue weighted by atomic mass is 10.2. The Kier molecular flexibility index (Phi) is 4.71. The van der Waals surface area contributed by atoms with Crippen LogP contribution in [-0.2, 0) is 4.79 Å². The third-order valence-electron chi connectivity index (χ3n) is 3.81. The van der Waals surface area contributed by atoms with Crippen LogP contribution in [0.5, 0.6) is 11.5 Å². The van der Waals surface area contributed by atoms with E-state index in [9.17, 15) is 9.59 Å². The van der Waals surface area contributed by atoms with E-state index >= 15 is 0 Å². The van der Waals surface area contributed by atoms with Crippen molar-refractivity contribution in [2.45, 2.75) is 12.8 Å². The molecule has 0 bridgehead atoms. The van der Waals surface area contributed by atoms with E-state index in [2.05, 4.69) is 0 Å². The van der Waals surface area contributed by atoms with Crippen LogP contribution in [0.3, 0.4) is 0 Å². The van der Waals surface area contributed by atoms with Gasteiger partial charge in [-0.1, -0.05) is 11.6 Å². The number of esters is 1. The first-order valence-electron chi connectivity index (χ1n) is 7.54. The van der Waals surface area contributed by atoms with Crippen LogP contribution in [0.1, 0.15) is 23.2 Å². The van der Waals surface area contributed by atoms with E-state index in [4.69, 9.17) is 21.1 Å². The van der Waals surface area contributed by atoms with Gasteiger partial charge in [0, 0.05) is 23.7 Å². The first-order valence-corrected chi connectivity index (χ1v) is 7.92. The number of methoxy groups -OCH3 is 1. The van der Waals surface area contributed by atoms with E-state index in [0.717, 1.165) is 18.7 Å². The van der Waals surface area contributed by atoms with Crippen molar-refractivity contribution in [2.24, 2.45) is 0 Å². The van der Waals surface area contributed by atoms with E-state index in [1.54, 1.807) is 41.3 Å². The summed E-state index contributed by atoms with van der Waals surface area (Å²) in [4.78, 5) is 25.8. The minimum Gasteiger partial charge on any atom is -0.496 e. The second kappa shape index (κ2) is 6.93. The van der Waals surface area contributed by atoms with Crippen LogP contribution in [0, 0.1) is 0 Å². The Bertz CT molecular complexity index is 773. The van der Waals surface area contributed by atoms with Crippen LogP contribution in [0.25, 0.3) is 0 Å². The van der Waals surface area contributed by atoms with Gasteiger partial charge in [0.1, 0.15) is 17.1 Å². The molecular formula is C18H16ClNO4. The highest BCUT2D eigenvalue weighted by atomic mass is 35.5. The minimum absolute atomic E-state index is 0.114. The number of rotatable bonds is 4. The van der Waals surface area contributed by atoms with Crippen molar-refractivity contribution < 1.29 is 19.1 Å². The van der Waals surface area contributed by atoms with Gasteiger partial charge in [-0.05, 0) is 48.9 Å². The molecule has 6 heteroatoms. The maximum atomic E-state index is 12.3. The third-order valence-corrected chi connectivity index (χ3v) is 4.05. The number of halogens is 1. The highest BCUT2D eigenvalue weighted by Crippen LogP contribution is 2.27. The molecule has 1 fully saturated rings. The van der Waals surface area contributed by atoms with Gasteiger partial charge in [0.15, 0.2) is 0 Å². The van der Waals surface area contributed by atoms with Crippen molar-refractivity contribution in [3.8, 4) is 11.5 Å². The molecule has 2 aromatic carbocycles. The molecule has 0 unspecified atom stereocenters. The van der Waals surface area contributed by atoms with Crippen molar-refractivity contribution in [3.05, 3.63) is 53.1 Å². The Morgan fingerprint density at radius 2 is 1.92 bits per heavy atom. The fourth-order valence-corrected chi connectivity index (χ4v) is 2.79. The maximum absolute atomic E-state index is 12.3. The van der Waals surface area contributed by atoms with Crippen molar-refractivity contribution in [2.75, 3.05) is 18.6 Å². The van der Waals surface area contributed by atoms with Crippen LogP contribution < -0.4 is 14.4 Å². The van der Waals surface area contributed by atoms with E-state index < -0.39 is 5.97 Å². The van der Waals surface area contributed by atoms with Gasteiger partial charge < -0.3 is 14.4 Å². The van der Waals surface area contributed by atoms with Gasteiger partial charge in [0.2, 0.25) is 5.91 Å². The summed E-state index contributed by atoms with van der Waals surface area (Å²) >= 11 is 5.93. The van der Waals surface area contributed by atoms with Gasteiger partial charge in [-0.15, -0.1) is 0 Å². The molecule has 1 heterocycles. The summed E-state index contributed by atoms with van der Waals surface area (Å²) in [6.07, 6.45) is 1.44. The summed E-state index contributed by atoms with van der Waals surface area (Å²) in [7, 11) is 1.47. The highest BCUT2D eigenvalue weighted by molar-refractivity contribution is 6.31. The zero-order valence-electron chi connectivity index (χ0n) is 13.1. The summed E-state index contributed by atoms with van der Waals surface area (Å²) in [6, 6.07) is 11.6. The lowest BCUT2D eigenvalue weighted by molar-refractivity contribution is -0.117. The number of carbonyl (C=O) groups is 2. The molecule has 0 atom stereocenters. The number of hydrogen-bond donors (Lipinski definition) is 0. The predicted molar refractivity (Wildman–Crippen MR) is 91.0 cm³/mol. The average molecular weight is 346 g/mol. The number of ether oxygens (including phenoxy) is 2. The molecule has 0 radical (unpaired) electrons. The molecule has 2 aromatic rings. The SMILES string of the molecule is COc1ccc(Cl)cc1C(=O)Oc1ccc(N2CCCC2=O)cc1. The molecular weight excluding hydrogens is 330 g/mol. The third kappa shape index (κ3) is 3.36. The van der Waals surface area contributed by atoms with Gasteiger partial charge in [0.05, 0.1) is 7.11 Å². The Balaban J connectivity index is 1.75. The molecule has 5 nitrogen and oxygen atoms in total. The zero-order valence-corrected chi connectivity index (χ0v) is 13.9. The van der Waals surface area contributed by atoms with E-state index in [0.29, 0.717) is 22.9 Å². The van der Waals surface area contributed by atoms with E-state index in [1.165, 1.54) is 13.2 Å². The topological polar surface area (TPSA) is 55.8 Å². The van der Waals surface area contributed by atoms with Gasteiger partial charge in [-0.25, -0.2) is 4.79 Å². The van der Waals surface area contributed by atoms with E-state index in [1.807, 2.05) is 0 Å². The second-order valence-corrected chi connectivity index (χ2v) is 5.81. The van der Waals surface area contributed by atoms with Gasteiger partial charge in [-0.2, -0.15) is 0 Å². The monoisotopic (exact) mass is 345 g/mol. The molecule has 3 rings (SSSR count). The summed E-state index contributed by atoms with van der Waals surface area (Å²) in [5.41, 5.74) is 1.06. The number of carbonyl (C=O) groups excluding carboxylic acids is 2. The van der Waals surface area contributed by atoms with Gasteiger partial charge in [-0.3, -0.25) is 4.79 Å². The van der Waals surface area contributed by atoms with Crippen LogP contribution in [0.4, 0.5) is 5.69 Å². The lowest BCUT2D eigenvalue weighted by Crippen LogP contribution is -2.23. The molecule has 0 spiro atoms. The van der Waals surface area contributed by atoms with Crippen molar-refractivity contribution in [1.29, 1.82) is 0 Å². The van der Waals surface area contributed by atoms with Crippen LogP contribution >= 0.6 is 11.6 Å². The van der Waals surface area contributed by atoms with Crippen molar-refractivity contribution >= 4 is 29.2 Å². The first-order chi connectivity index (χ1) is 11.6. The van der Waals surface area contributed by atoms with Crippen LogP contribution in [0.2, 0.25) is 5.02 Å². The van der Waals surface area contributed by atoms with E-state index in [-0.39, 0.29) is 11.5 Å². The van der Waals surface area contributed by atoms with Gasteiger partial charge in [0.25, 0.3) is 0 Å². The molecule has 0 aromatic heterocycles. The molecule has 1 amide bonds. The molecule has 0 saturated carbocycles. The Labute approximate surface area is 144 Å². The normalized spacial score (nSPS) is 13.9. The standard InChI is InChI=1S/C18H16ClNO4/c1-23-16-9-4-12(19)11-15(16)18(22)24-14-7-5-13(6-8-14)20-10-2-3-17(20)21/h4-9,11H,2-3,10H2,1H3. The number of anilines is 1. The summed E-state index contributed by atoms with van der Waals surface area (Å²) in [5, 5.41) is 0.422. The Morgan fingerprint density at radius 3 is 2.54 bits per heavy atom. The molecule has 1 saturated heterocycles. The molecule has 24 heavy (non-hydrogen) atoms. The summed E-state index contributed by atoms with van der Waals surface area (Å²) in [5.74, 6) is 0.337. The highest BCUT2D eigenvalue weighted by Gasteiger charge is 2.22. The molecule has 124 valence electrons. The average Bonchev–Trinajstić information content (AvgIpc) is 3.01. The molecule has 0 N–H and O–H groups in total. The number of amides is 1. The molecule has 0 aliphatic carbocycles.